The zero-order valence-electron chi connectivity index (χ0n) is 7.39. The molecule has 0 saturated heterocycles. The normalized spacial score (nSPS) is 15.2. The first kappa shape index (κ1) is 7.62. The van der Waals surface area contributed by atoms with Crippen molar-refractivity contribution in [2.24, 2.45) is 0 Å². The van der Waals surface area contributed by atoms with E-state index in [1.165, 1.54) is 16.7 Å². The lowest BCUT2D eigenvalue weighted by molar-refractivity contribution is -0.0171. The van der Waals surface area contributed by atoms with Gasteiger partial charge in [-0.15, -0.1) is 0 Å². The average molecular weight is 164 g/mol. The highest BCUT2D eigenvalue weighted by molar-refractivity contribution is 5.45. The van der Waals surface area contributed by atoms with Gasteiger partial charge in [0.05, 0.1) is 6.61 Å². The molecule has 0 radical (unpaired) electrons. The van der Waals surface area contributed by atoms with Crippen molar-refractivity contribution >= 4 is 0 Å². The van der Waals surface area contributed by atoms with Crippen molar-refractivity contribution < 1.29 is 9.47 Å². The molecule has 0 N–H and O–H groups in total. The monoisotopic (exact) mass is 164 g/mol. The number of benzene rings is 1. The van der Waals surface area contributed by atoms with E-state index in [-0.39, 0.29) is 0 Å². The predicted octanol–water partition coefficient (Wildman–Crippen LogP) is 2.17. The molecule has 2 heteroatoms. The Bertz CT molecular complexity index is 274. The molecule has 12 heavy (non-hydrogen) atoms. The Kier molecular flexibility index (Phi) is 1.77. The second-order valence-corrected chi connectivity index (χ2v) is 3.12. The molecule has 1 aliphatic rings. The molecule has 0 aromatic heterocycles. The van der Waals surface area contributed by atoms with Gasteiger partial charge in [0.15, 0.2) is 6.79 Å². The molecule has 0 spiro atoms. The highest BCUT2D eigenvalue weighted by Crippen LogP contribution is 2.29. The molecular weight excluding hydrogens is 152 g/mol. The van der Waals surface area contributed by atoms with Crippen molar-refractivity contribution in [1.29, 1.82) is 0 Å². The fourth-order valence-electron chi connectivity index (χ4n) is 1.47. The maximum Gasteiger partial charge on any atom is 0.189 e. The molecule has 1 aromatic carbocycles. The van der Waals surface area contributed by atoms with Gasteiger partial charge >= 0.3 is 0 Å². The molecule has 64 valence electrons. The zero-order chi connectivity index (χ0) is 8.55. The lowest BCUT2D eigenvalue weighted by Gasteiger charge is -2.21. The van der Waals surface area contributed by atoms with Gasteiger partial charge in [0, 0.05) is 5.56 Å². The SMILES string of the molecule is Cc1ccc(C)c2c1COCO2. The summed E-state index contributed by atoms with van der Waals surface area (Å²) in [6.07, 6.45) is 0. The van der Waals surface area contributed by atoms with E-state index < -0.39 is 0 Å². The summed E-state index contributed by atoms with van der Waals surface area (Å²) < 4.78 is 10.6. The zero-order valence-corrected chi connectivity index (χ0v) is 7.39. The van der Waals surface area contributed by atoms with Crippen LogP contribution in [0.5, 0.6) is 5.75 Å². The third-order valence-electron chi connectivity index (χ3n) is 2.22. The summed E-state index contributed by atoms with van der Waals surface area (Å²) in [5.74, 6) is 1.02. The first-order valence-electron chi connectivity index (χ1n) is 4.08. The summed E-state index contributed by atoms with van der Waals surface area (Å²) in [4.78, 5) is 0. The minimum absolute atomic E-state index is 0.386. The molecule has 2 rings (SSSR count). The summed E-state index contributed by atoms with van der Waals surface area (Å²) >= 11 is 0. The highest BCUT2D eigenvalue weighted by Gasteiger charge is 2.14. The van der Waals surface area contributed by atoms with Crippen LogP contribution in [0.1, 0.15) is 16.7 Å². The van der Waals surface area contributed by atoms with Crippen LogP contribution in [0.4, 0.5) is 0 Å². The Balaban J connectivity index is 2.57. The van der Waals surface area contributed by atoms with Gasteiger partial charge in [0.25, 0.3) is 0 Å². The second kappa shape index (κ2) is 2.79. The van der Waals surface area contributed by atoms with Crippen LogP contribution in [0.15, 0.2) is 12.1 Å². The topological polar surface area (TPSA) is 18.5 Å². The molecule has 0 bridgehead atoms. The van der Waals surface area contributed by atoms with Crippen molar-refractivity contribution in [2.75, 3.05) is 6.79 Å². The molecule has 0 saturated carbocycles. The minimum Gasteiger partial charge on any atom is -0.467 e. The summed E-state index contributed by atoms with van der Waals surface area (Å²) in [6.45, 7) is 5.21. The van der Waals surface area contributed by atoms with Crippen molar-refractivity contribution in [3.8, 4) is 5.75 Å². The van der Waals surface area contributed by atoms with E-state index in [0.717, 1.165) is 5.75 Å². The van der Waals surface area contributed by atoms with E-state index in [9.17, 15) is 0 Å². The van der Waals surface area contributed by atoms with Crippen LogP contribution in [0.3, 0.4) is 0 Å². The van der Waals surface area contributed by atoms with Gasteiger partial charge in [0.2, 0.25) is 0 Å². The summed E-state index contributed by atoms with van der Waals surface area (Å²) in [5.41, 5.74) is 3.63. The standard InChI is InChI=1S/C10H12O2/c1-7-3-4-8(2)10-9(7)5-11-6-12-10/h3-4H,5-6H2,1-2H3. The van der Waals surface area contributed by atoms with Crippen molar-refractivity contribution in [2.45, 2.75) is 20.5 Å². The fraction of sp³-hybridized carbons (Fsp3) is 0.400. The first-order chi connectivity index (χ1) is 5.79. The van der Waals surface area contributed by atoms with Gasteiger partial charge < -0.3 is 9.47 Å². The predicted molar refractivity (Wildman–Crippen MR) is 46.2 cm³/mol. The summed E-state index contributed by atoms with van der Waals surface area (Å²) in [7, 11) is 0. The maximum atomic E-state index is 5.41. The smallest absolute Gasteiger partial charge is 0.189 e. The van der Waals surface area contributed by atoms with Crippen LogP contribution in [-0.4, -0.2) is 6.79 Å². The van der Waals surface area contributed by atoms with Crippen molar-refractivity contribution in [1.82, 2.24) is 0 Å². The number of aryl methyl sites for hydroxylation is 2. The lowest BCUT2D eigenvalue weighted by atomic mass is 10.0. The van der Waals surface area contributed by atoms with Gasteiger partial charge in [-0.25, -0.2) is 0 Å². The van der Waals surface area contributed by atoms with E-state index in [0.29, 0.717) is 13.4 Å². The van der Waals surface area contributed by atoms with E-state index in [2.05, 4.69) is 26.0 Å². The summed E-state index contributed by atoms with van der Waals surface area (Å²) in [6, 6.07) is 4.19. The largest absolute Gasteiger partial charge is 0.467 e. The molecule has 1 aromatic rings. The minimum atomic E-state index is 0.386. The highest BCUT2D eigenvalue weighted by atomic mass is 16.7. The molecule has 0 amide bonds. The lowest BCUT2D eigenvalue weighted by Crippen LogP contribution is -2.13. The number of hydrogen-bond acceptors (Lipinski definition) is 2. The van der Waals surface area contributed by atoms with Crippen molar-refractivity contribution in [3.05, 3.63) is 28.8 Å². The van der Waals surface area contributed by atoms with Crippen molar-refractivity contribution in [3.63, 3.8) is 0 Å². The van der Waals surface area contributed by atoms with Gasteiger partial charge in [-0.3, -0.25) is 0 Å². The molecule has 2 nitrogen and oxygen atoms in total. The number of rotatable bonds is 0. The third-order valence-corrected chi connectivity index (χ3v) is 2.22. The quantitative estimate of drug-likeness (QED) is 0.585. The number of ether oxygens (including phenoxy) is 2. The van der Waals surface area contributed by atoms with Gasteiger partial charge in [-0.05, 0) is 25.0 Å². The van der Waals surface area contributed by atoms with E-state index in [1.807, 2.05) is 0 Å². The number of fused-ring (bicyclic) bond motifs is 1. The Morgan fingerprint density at radius 1 is 1.17 bits per heavy atom. The van der Waals surface area contributed by atoms with E-state index in [4.69, 9.17) is 9.47 Å². The van der Waals surface area contributed by atoms with E-state index >= 15 is 0 Å². The van der Waals surface area contributed by atoms with Crippen LogP contribution < -0.4 is 4.74 Å². The molecular formula is C10H12O2. The van der Waals surface area contributed by atoms with Crippen LogP contribution in [-0.2, 0) is 11.3 Å². The van der Waals surface area contributed by atoms with Crippen LogP contribution >= 0.6 is 0 Å². The van der Waals surface area contributed by atoms with Gasteiger partial charge in [-0.2, -0.15) is 0 Å². The Morgan fingerprint density at radius 3 is 2.67 bits per heavy atom. The molecule has 1 aliphatic heterocycles. The number of hydrogen-bond donors (Lipinski definition) is 0. The van der Waals surface area contributed by atoms with Gasteiger partial charge in [-0.1, -0.05) is 12.1 Å². The first-order valence-corrected chi connectivity index (χ1v) is 4.08. The molecule has 1 heterocycles. The van der Waals surface area contributed by atoms with E-state index in [1.54, 1.807) is 0 Å². The van der Waals surface area contributed by atoms with Crippen LogP contribution in [0.2, 0.25) is 0 Å². The Labute approximate surface area is 72.1 Å². The summed E-state index contributed by atoms with van der Waals surface area (Å²) in [5, 5.41) is 0. The molecule has 0 unspecified atom stereocenters. The van der Waals surface area contributed by atoms with Crippen LogP contribution in [0, 0.1) is 13.8 Å². The Hall–Kier alpha value is -1.02. The fourth-order valence-corrected chi connectivity index (χ4v) is 1.47. The van der Waals surface area contributed by atoms with Crippen LogP contribution in [0.25, 0.3) is 0 Å². The average Bonchev–Trinajstić information content (AvgIpc) is 2.12. The second-order valence-electron chi connectivity index (χ2n) is 3.12. The van der Waals surface area contributed by atoms with Gasteiger partial charge in [0.1, 0.15) is 5.75 Å². The molecule has 0 aliphatic carbocycles. The molecule has 0 fully saturated rings. The maximum absolute atomic E-state index is 5.41. The Morgan fingerprint density at radius 2 is 1.92 bits per heavy atom. The molecule has 0 atom stereocenters. The third kappa shape index (κ3) is 1.08.